The van der Waals surface area contributed by atoms with Gasteiger partial charge in [-0.2, -0.15) is 0 Å². The number of nitrogens with two attached hydrogens (primary N) is 1. The number of nitrogens with one attached hydrogen (secondary N) is 1. The van der Waals surface area contributed by atoms with Crippen molar-refractivity contribution in [3.63, 3.8) is 0 Å². The Morgan fingerprint density at radius 3 is 2.43 bits per heavy atom. The molecule has 0 radical (unpaired) electrons. The Morgan fingerprint density at radius 1 is 0.815 bits per heavy atom. The lowest BCUT2D eigenvalue weighted by atomic mass is 10.0. The van der Waals surface area contributed by atoms with E-state index >= 15 is 0 Å². The van der Waals surface area contributed by atoms with Crippen LogP contribution in [0.3, 0.4) is 0 Å². The highest BCUT2D eigenvalue weighted by Crippen LogP contribution is 2.36. The average molecular weight is 723 g/mol. The molecule has 3 aromatic heterocycles. The van der Waals surface area contributed by atoms with Gasteiger partial charge in [0.2, 0.25) is 11.8 Å². The van der Waals surface area contributed by atoms with Crippen molar-refractivity contribution in [3.8, 4) is 28.1 Å². The first-order valence-electron chi connectivity index (χ1n) is 19.1. The zero-order chi connectivity index (χ0) is 37.0. The minimum Gasteiger partial charge on any atom is -0.507 e. The van der Waals surface area contributed by atoms with Gasteiger partial charge in [0.1, 0.15) is 17.4 Å². The third kappa shape index (κ3) is 7.42. The van der Waals surface area contributed by atoms with E-state index < -0.39 is 6.04 Å². The molecule has 0 saturated carbocycles. The molecule has 11 nitrogen and oxygen atoms in total. The maximum absolute atomic E-state index is 12.9. The molecule has 8 rings (SSSR count). The summed E-state index contributed by atoms with van der Waals surface area (Å²) < 4.78 is 2.04. The number of amides is 2. The number of phenols is 1. The van der Waals surface area contributed by atoms with Crippen molar-refractivity contribution in [1.29, 1.82) is 0 Å². The van der Waals surface area contributed by atoms with Gasteiger partial charge in [0.05, 0.1) is 11.2 Å². The van der Waals surface area contributed by atoms with Gasteiger partial charge < -0.3 is 20.3 Å². The van der Waals surface area contributed by atoms with Crippen LogP contribution in [0.15, 0.2) is 91.1 Å². The average Bonchev–Trinajstić information content (AvgIpc) is 3.52. The number of imide groups is 1. The zero-order valence-corrected chi connectivity index (χ0v) is 30.5. The van der Waals surface area contributed by atoms with Crippen molar-refractivity contribution in [2.75, 3.05) is 38.5 Å². The summed E-state index contributed by atoms with van der Waals surface area (Å²) in [7, 11) is 0. The summed E-state index contributed by atoms with van der Waals surface area (Å²) in [6.07, 6.45) is 8.26. The molecule has 4 N–H and O–H groups in total. The molecular weight excluding hydrogens is 677 g/mol. The number of anilines is 1. The fourth-order valence-electron chi connectivity index (χ4n) is 8.13. The molecule has 54 heavy (non-hydrogen) atoms. The van der Waals surface area contributed by atoms with Gasteiger partial charge in [-0.05, 0) is 85.3 Å². The molecule has 1 atom stereocenters. The number of aromatic nitrogens is 4. The van der Waals surface area contributed by atoms with Crippen LogP contribution in [0.4, 0.5) is 5.82 Å². The van der Waals surface area contributed by atoms with Gasteiger partial charge in [-0.3, -0.25) is 19.8 Å². The number of unbranched alkanes of at least 4 members (excludes halogenated alkanes) is 3. The molecule has 1 unspecified atom stereocenters. The normalized spacial score (nSPS) is 17.0. The molecular formula is C43H46N8O3. The number of fused-ring (bicyclic) bond motifs is 3. The number of hydrogen-bond acceptors (Lipinski definition) is 9. The molecule has 2 aliphatic rings. The Kier molecular flexibility index (Phi) is 10.3. The SMILES string of the molecule is Nc1nnc(-c2ccccc2O)cc1-c1ccc(CN2CCN(CCCCCCc3cccc4c3c3cccnc3n4C3CCC(=O)NC3=O)CC2)cc1. The van der Waals surface area contributed by atoms with Crippen LogP contribution in [-0.2, 0) is 22.6 Å². The van der Waals surface area contributed by atoms with E-state index in [4.69, 9.17) is 5.73 Å². The predicted octanol–water partition coefficient (Wildman–Crippen LogP) is 6.50. The number of aromatic hydroxyl groups is 1. The van der Waals surface area contributed by atoms with Gasteiger partial charge >= 0.3 is 0 Å². The minimum absolute atomic E-state index is 0.161. The molecule has 0 spiro atoms. The van der Waals surface area contributed by atoms with Crippen molar-refractivity contribution in [2.45, 2.75) is 57.5 Å². The smallest absolute Gasteiger partial charge is 0.249 e. The van der Waals surface area contributed by atoms with Gasteiger partial charge in [0, 0.05) is 67.2 Å². The number of carbonyl (C=O) groups excluding carboxylic acids is 2. The van der Waals surface area contributed by atoms with Crippen LogP contribution in [0.2, 0.25) is 0 Å². The van der Waals surface area contributed by atoms with Crippen molar-refractivity contribution in [2.24, 2.45) is 0 Å². The van der Waals surface area contributed by atoms with E-state index in [0.29, 0.717) is 29.9 Å². The highest BCUT2D eigenvalue weighted by molar-refractivity contribution is 6.10. The van der Waals surface area contributed by atoms with E-state index in [1.54, 1.807) is 18.3 Å². The van der Waals surface area contributed by atoms with E-state index in [0.717, 1.165) is 79.8 Å². The van der Waals surface area contributed by atoms with Crippen molar-refractivity contribution in [1.82, 2.24) is 34.9 Å². The maximum Gasteiger partial charge on any atom is 0.249 e. The van der Waals surface area contributed by atoms with Crippen molar-refractivity contribution in [3.05, 3.63) is 102 Å². The van der Waals surface area contributed by atoms with Gasteiger partial charge in [-0.15, -0.1) is 10.2 Å². The largest absolute Gasteiger partial charge is 0.507 e. The van der Waals surface area contributed by atoms with Crippen LogP contribution >= 0.6 is 0 Å². The molecule has 6 aromatic rings. The Hall–Kier alpha value is -5.65. The number of piperidine rings is 1. The Balaban J connectivity index is 0.796. The fraction of sp³-hybridized carbons (Fsp3) is 0.326. The lowest BCUT2D eigenvalue weighted by molar-refractivity contribution is -0.135. The molecule has 5 heterocycles. The monoisotopic (exact) mass is 722 g/mol. The Bertz CT molecular complexity index is 2290. The number of pyridine rings is 1. The van der Waals surface area contributed by atoms with E-state index in [-0.39, 0.29) is 17.6 Å². The summed E-state index contributed by atoms with van der Waals surface area (Å²) in [5.41, 5.74) is 13.6. The number of piperazine rings is 1. The number of rotatable bonds is 12. The summed E-state index contributed by atoms with van der Waals surface area (Å²) in [5, 5.41) is 23.4. The standard InChI is InChI=1S/C43H46N8O3/c44-41-34(27-35(47-48-41)32-11-4-5-14-38(32)52)30-17-15-29(16-18-30)28-50-25-23-49(24-26-50)22-6-2-1-3-9-31-10-7-13-36-40(31)33-12-8-21-45-42(33)51(36)37-19-20-39(53)46-43(37)54/h4-5,7-8,10-18,21,27,37,52H,1-3,6,9,19-20,22-26,28H2,(H2,44,48)(H,46,53,54). The van der Waals surface area contributed by atoms with Crippen LogP contribution in [-0.4, -0.2) is 79.2 Å². The minimum atomic E-state index is -0.440. The second-order valence-corrected chi connectivity index (χ2v) is 14.5. The van der Waals surface area contributed by atoms with E-state index in [9.17, 15) is 14.7 Å². The van der Waals surface area contributed by atoms with Crippen molar-refractivity contribution >= 4 is 39.6 Å². The highest BCUT2D eigenvalue weighted by atomic mass is 16.3. The summed E-state index contributed by atoms with van der Waals surface area (Å²) in [6, 6.07) is 27.5. The van der Waals surface area contributed by atoms with Crippen LogP contribution in [0.25, 0.3) is 44.3 Å². The second kappa shape index (κ2) is 15.8. The number of hydrogen-bond donors (Lipinski definition) is 3. The molecule has 0 bridgehead atoms. The quantitative estimate of drug-likeness (QED) is 0.0953. The van der Waals surface area contributed by atoms with Gasteiger partial charge in [-0.1, -0.05) is 61.4 Å². The number of benzene rings is 3. The van der Waals surface area contributed by atoms with E-state index in [1.807, 2.05) is 28.8 Å². The third-order valence-corrected chi connectivity index (χ3v) is 11.0. The number of phenolic OH excluding ortho intramolecular Hbond substituents is 1. The lowest BCUT2D eigenvalue weighted by Crippen LogP contribution is -2.46. The number of nitrogen functional groups attached to an aromatic ring is 1. The molecule has 276 valence electrons. The summed E-state index contributed by atoms with van der Waals surface area (Å²) in [4.78, 5) is 34.5. The molecule has 0 aliphatic carbocycles. The topological polar surface area (TPSA) is 142 Å². The highest BCUT2D eigenvalue weighted by Gasteiger charge is 2.31. The fourth-order valence-corrected chi connectivity index (χ4v) is 8.13. The van der Waals surface area contributed by atoms with Crippen LogP contribution in [0, 0.1) is 0 Å². The van der Waals surface area contributed by atoms with Gasteiger partial charge in [0.25, 0.3) is 0 Å². The second-order valence-electron chi connectivity index (χ2n) is 14.5. The van der Waals surface area contributed by atoms with Crippen molar-refractivity contribution < 1.29 is 14.7 Å². The summed E-state index contributed by atoms with van der Waals surface area (Å²) in [6.45, 7) is 6.32. The Morgan fingerprint density at radius 2 is 1.61 bits per heavy atom. The third-order valence-electron chi connectivity index (χ3n) is 11.0. The van der Waals surface area contributed by atoms with E-state index in [2.05, 4.69) is 78.8 Å². The zero-order valence-electron chi connectivity index (χ0n) is 30.5. The first-order chi connectivity index (χ1) is 26.4. The number of para-hydroxylation sites is 1. The molecule has 2 aliphatic heterocycles. The summed E-state index contributed by atoms with van der Waals surface area (Å²) in [5.74, 6) is 0.0670. The lowest BCUT2D eigenvalue weighted by Gasteiger charge is -2.34. The van der Waals surface area contributed by atoms with Crippen LogP contribution in [0.5, 0.6) is 5.75 Å². The van der Waals surface area contributed by atoms with Crippen LogP contribution in [0.1, 0.15) is 55.7 Å². The first-order valence-corrected chi connectivity index (χ1v) is 19.1. The number of aryl methyl sites for hydroxylation is 1. The number of carbonyl (C=O) groups is 2. The number of nitrogens with zero attached hydrogens (tertiary/aromatic N) is 6. The van der Waals surface area contributed by atoms with E-state index in [1.165, 1.54) is 35.8 Å². The molecule has 2 saturated heterocycles. The van der Waals surface area contributed by atoms with Crippen LogP contribution < -0.4 is 11.1 Å². The predicted molar refractivity (Wildman–Crippen MR) is 212 cm³/mol. The van der Waals surface area contributed by atoms with Gasteiger partial charge in [0.15, 0.2) is 5.82 Å². The van der Waals surface area contributed by atoms with Gasteiger partial charge in [-0.25, -0.2) is 4.98 Å². The molecule has 3 aromatic carbocycles. The maximum atomic E-state index is 12.9. The first kappa shape index (κ1) is 35.4. The molecule has 11 heteroatoms. The Labute approximate surface area is 314 Å². The summed E-state index contributed by atoms with van der Waals surface area (Å²) >= 11 is 0. The molecule has 2 fully saturated rings. The molecule has 2 amide bonds.